The van der Waals surface area contributed by atoms with Gasteiger partial charge in [0.15, 0.2) is 11.5 Å². The second-order valence-electron chi connectivity index (χ2n) is 4.01. The quantitative estimate of drug-likeness (QED) is 0.475. The number of hydrazine groups is 1. The molecule has 0 aliphatic heterocycles. The van der Waals surface area contributed by atoms with Crippen molar-refractivity contribution in [1.82, 2.24) is 19.7 Å². The Morgan fingerprint density at radius 2 is 2.00 bits per heavy atom. The number of aromatic nitrogens is 4. The van der Waals surface area contributed by atoms with Crippen LogP contribution in [0.3, 0.4) is 0 Å². The van der Waals surface area contributed by atoms with Crippen LogP contribution in [0.4, 0.5) is 5.82 Å². The minimum atomic E-state index is -0.973. The average molecular weight is 270 g/mol. The van der Waals surface area contributed by atoms with E-state index < -0.39 is 5.97 Å². The van der Waals surface area contributed by atoms with E-state index >= 15 is 0 Å². The standard InChI is InChI=1S/C12H10N6O2/c13-17-10-9-5-16-18(11(9)15-6-14-10)8-3-1-7(2-4-8)12(19)20/h1-6H,13H2,(H,19,20)(H,14,15,17). The van der Waals surface area contributed by atoms with Crippen LogP contribution in [0.5, 0.6) is 0 Å². The van der Waals surface area contributed by atoms with Crippen LogP contribution in [-0.4, -0.2) is 30.8 Å². The van der Waals surface area contributed by atoms with Crippen molar-refractivity contribution in [3.63, 3.8) is 0 Å². The third kappa shape index (κ3) is 1.84. The Morgan fingerprint density at radius 1 is 1.25 bits per heavy atom. The van der Waals surface area contributed by atoms with Gasteiger partial charge in [-0.05, 0) is 24.3 Å². The topological polar surface area (TPSA) is 119 Å². The van der Waals surface area contributed by atoms with Crippen molar-refractivity contribution in [3.05, 3.63) is 42.4 Å². The van der Waals surface area contributed by atoms with Crippen molar-refractivity contribution in [2.24, 2.45) is 5.84 Å². The van der Waals surface area contributed by atoms with Gasteiger partial charge in [0, 0.05) is 0 Å². The van der Waals surface area contributed by atoms with Crippen molar-refractivity contribution in [2.75, 3.05) is 5.43 Å². The molecule has 0 aliphatic rings. The van der Waals surface area contributed by atoms with E-state index in [4.69, 9.17) is 10.9 Å². The lowest BCUT2D eigenvalue weighted by molar-refractivity contribution is 0.0697. The van der Waals surface area contributed by atoms with Crippen LogP contribution in [0.15, 0.2) is 36.8 Å². The number of carbonyl (C=O) groups is 1. The van der Waals surface area contributed by atoms with Crippen LogP contribution >= 0.6 is 0 Å². The fraction of sp³-hybridized carbons (Fsp3) is 0. The van der Waals surface area contributed by atoms with E-state index in [1.807, 2.05) is 0 Å². The number of anilines is 1. The zero-order valence-electron chi connectivity index (χ0n) is 10.2. The number of hydrogen-bond donors (Lipinski definition) is 3. The van der Waals surface area contributed by atoms with Crippen LogP contribution in [0.1, 0.15) is 10.4 Å². The molecule has 0 saturated heterocycles. The van der Waals surface area contributed by atoms with Crippen LogP contribution in [-0.2, 0) is 0 Å². The van der Waals surface area contributed by atoms with Gasteiger partial charge >= 0.3 is 5.97 Å². The molecule has 100 valence electrons. The smallest absolute Gasteiger partial charge is 0.335 e. The number of hydrogen-bond acceptors (Lipinski definition) is 6. The van der Waals surface area contributed by atoms with Gasteiger partial charge in [-0.3, -0.25) is 0 Å². The first kappa shape index (κ1) is 12.1. The van der Waals surface area contributed by atoms with E-state index in [1.54, 1.807) is 23.0 Å². The van der Waals surface area contributed by atoms with Crippen molar-refractivity contribution in [3.8, 4) is 5.69 Å². The lowest BCUT2D eigenvalue weighted by atomic mass is 10.2. The molecule has 1 aromatic carbocycles. The van der Waals surface area contributed by atoms with Crippen LogP contribution < -0.4 is 11.3 Å². The monoisotopic (exact) mass is 270 g/mol. The minimum absolute atomic E-state index is 0.212. The first-order chi connectivity index (χ1) is 9.70. The third-order valence-corrected chi connectivity index (χ3v) is 2.86. The van der Waals surface area contributed by atoms with Crippen LogP contribution in [0.25, 0.3) is 16.7 Å². The minimum Gasteiger partial charge on any atom is -0.478 e. The maximum absolute atomic E-state index is 10.8. The number of benzene rings is 1. The summed E-state index contributed by atoms with van der Waals surface area (Å²) in [6, 6.07) is 6.34. The molecule has 0 bridgehead atoms. The summed E-state index contributed by atoms with van der Waals surface area (Å²) in [6.07, 6.45) is 2.97. The summed E-state index contributed by atoms with van der Waals surface area (Å²) in [7, 11) is 0. The van der Waals surface area contributed by atoms with Gasteiger partial charge in [-0.25, -0.2) is 25.3 Å². The summed E-state index contributed by atoms with van der Waals surface area (Å²) >= 11 is 0. The molecule has 0 spiro atoms. The third-order valence-electron chi connectivity index (χ3n) is 2.86. The molecule has 3 aromatic rings. The van der Waals surface area contributed by atoms with Gasteiger partial charge < -0.3 is 10.5 Å². The first-order valence-corrected chi connectivity index (χ1v) is 5.70. The lowest BCUT2D eigenvalue weighted by Gasteiger charge is -2.04. The normalized spacial score (nSPS) is 10.7. The van der Waals surface area contributed by atoms with Gasteiger partial charge in [0.25, 0.3) is 0 Å². The fourth-order valence-corrected chi connectivity index (χ4v) is 1.89. The van der Waals surface area contributed by atoms with Gasteiger partial charge in [0.2, 0.25) is 0 Å². The molecule has 0 amide bonds. The number of fused-ring (bicyclic) bond motifs is 1. The fourth-order valence-electron chi connectivity index (χ4n) is 1.89. The van der Waals surface area contributed by atoms with E-state index in [1.165, 1.54) is 18.5 Å². The van der Waals surface area contributed by atoms with Crippen molar-refractivity contribution < 1.29 is 9.90 Å². The molecule has 2 aromatic heterocycles. The Morgan fingerprint density at radius 3 is 2.65 bits per heavy atom. The van der Waals surface area contributed by atoms with Crippen molar-refractivity contribution in [2.45, 2.75) is 0 Å². The molecule has 0 aliphatic carbocycles. The Bertz CT molecular complexity index is 780. The molecule has 8 nitrogen and oxygen atoms in total. The molecule has 2 heterocycles. The zero-order valence-corrected chi connectivity index (χ0v) is 10.2. The van der Waals surface area contributed by atoms with Gasteiger partial charge in [-0.2, -0.15) is 5.10 Å². The largest absolute Gasteiger partial charge is 0.478 e. The highest BCUT2D eigenvalue weighted by molar-refractivity contribution is 5.88. The number of nitrogen functional groups attached to an aromatic ring is 1. The number of nitrogens with one attached hydrogen (secondary N) is 1. The van der Waals surface area contributed by atoms with Crippen molar-refractivity contribution in [1.29, 1.82) is 0 Å². The Labute approximate surface area is 112 Å². The maximum Gasteiger partial charge on any atom is 0.335 e. The summed E-state index contributed by atoms with van der Waals surface area (Å²) in [5, 5.41) is 13.8. The Balaban J connectivity index is 2.12. The number of carboxylic acids is 1. The summed E-state index contributed by atoms with van der Waals surface area (Å²) in [6.45, 7) is 0. The number of aromatic carboxylic acids is 1. The molecule has 0 fully saturated rings. The summed E-state index contributed by atoms with van der Waals surface area (Å²) in [4.78, 5) is 19.0. The Hall–Kier alpha value is -3.00. The molecule has 20 heavy (non-hydrogen) atoms. The van der Waals surface area contributed by atoms with Gasteiger partial charge in [-0.1, -0.05) is 0 Å². The second kappa shape index (κ2) is 4.59. The number of carboxylic acid groups (broad SMARTS) is 1. The molecule has 4 N–H and O–H groups in total. The van der Waals surface area contributed by atoms with Crippen LogP contribution in [0, 0.1) is 0 Å². The highest BCUT2D eigenvalue weighted by Gasteiger charge is 2.11. The summed E-state index contributed by atoms with van der Waals surface area (Å²) in [5.41, 5.74) is 3.97. The lowest BCUT2D eigenvalue weighted by Crippen LogP contribution is -2.09. The maximum atomic E-state index is 10.8. The summed E-state index contributed by atoms with van der Waals surface area (Å²) < 4.78 is 1.59. The van der Waals surface area contributed by atoms with E-state index in [2.05, 4.69) is 20.5 Å². The second-order valence-corrected chi connectivity index (χ2v) is 4.01. The highest BCUT2D eigenvalue weighted by atomic mass is 16.4. The van der Waals surface area contributed by atoms with E-state index in [9.17, 15) is 4.79 Å². The highest BCUT2D eigenvalue weighted by Crippen LogP contribution is 2.20. The van der Waals surface area contributed by atoms with Crippen LogP contribution in [0.2, 0.25) is 0 Å². The SMILES string of the molecule is NNc1ncnc2c1cnn2-c1ccc(C(=O)O)cc1. The number of nitrogens with zero attached hydrogens (tertiary/aromatic N) is 4. The molecule has 0 unspecified atom stereocenters. The zero-order chi connectivity index (χ0) is 14.1. The molecule has 3 rings (SSSR count). The molecule has 0 radical (unpaired) electrons. The first-order valence-electron chi connectivity index (χ1n) is 5.70. The molecule has 0 saturated carbocycles. The predicted molar refractivity (Wildman–Crippen MR) is 71.4 cm³/mol. The average Bonchev–Trinajstić information content (AvgIpc) is 2.91. The molecular weight excluding hydrogens is 260 g/mol. The molecule has 0 atom stereocenters. The van der Waals surface area contributed by atoms with E-state index in [-0.39, 0.29) is 5.56 Å². The Kier molecular flexibility index (Phi) is 2.77. The van der Waals surface area contributed by atoms with E-state index in [0.717, 1.165) is 0 Å². The number of nitrogens with two attached hydrogens (primary N) is 1. The predicted octanol–water partition coefficient (Wildman–Crippen LogP) is 0.799. The summed E-state index contributed by atoms with van der Waals surface area (Å²) in [5.74, 6) is 4.88. The van der Waals surface area contributed by atoms with Gasteiger partial charge in [0.05, 0.1) is 22.8 Å². The van der Waals surface area contributed by atoms with Gasteiger partial charge in [-0.15, -0.1) is 0 Å². The van der Waals surface area contributed by atoms with Gasteiger partial charge in [0.1, 0.15) is 6.33 Å². The molecule has 8 heteroatoms. The van der Waals surface area contributed by atoms with Crippen molar-refractivity contribution >= 4 is 22.8 Å². The molecular formula is C12H10N6O2. The van der Waals surface area contributed by atoms with E-state index in [0.29, 0.717) is 22.5 Å². The number of rotatable bonds is 3.